The fraction of sp³-hybridized carbons (Fsp3) is 0.481. The van der Waals surface area contributed by atoms with Gasteiger partial charge in [0.2, 0.25) is 5.91 Å². The van der Waals surface area contributed by atoms with Crippen molar-refractivity contribution in [3.8, 4) is 0 Å². The minimum Gasteiger partial charge on any atom is -0.344 e. The van der Waals surface area contributed by atoms with Crippen molar-refractivity contribution in [3.05, 3.63) is 70.8 Å². The van der Waals surface area contributed by atoms with Crippen molar-refractivity contribution in [1.29, 1.82) is 0 Å². The number of hydrogen-bond acceptors (Lipinski definition) is 5. The summed E-state index contributed by atoms with van der Waals surface area (Å²) in [5.74, 6) is 0.668. The normalized spacial score (nSPS) is 17.8. The number of hydrogen-bond donors (Lipinski definition) is 0. The quantitative estimate of drug-likeness (QED) is 0.497. The molecule has 4 rings (SSSR count). The molecule has 1 fully saturated rings. The van der Waals surface area contributed by atoms with Gasteiger partial charge >= 0.3 is 12.4 Å². The molecule has 12 heteroatoms. The van der Waals surface area contributed by atoms with Crippen molar-refractivity contribution < 1.29 is 31.1 Å². The second kappa shape index (κ2) is 11.4. The zero-order valence-corrected chi connectivity index (χ0v) is 21.8. The van der Waals surface area contributed by atoms with E-state index in [0.29, 0.717) is 38.3 Å². The van der Waals surface area contributed by atoms with Crippen LogP contribution in [0.15, 0.2) is 53.5 Å². The van der Waals surface area contributed by atoms with Gasteiger partial charge in [-0.25, -0.2) is 0 Å². The highest BCUT2D eigenvalue weighted by Crippen LogP contribution is 2.36. The van der Waals surface area contributed by atoms with Crippen LogP contribution in [0.1, 0.15) is 28.3 Å². The molecule has 1 atom stereocenters. The molecular weight excluding hydrogens is 524 g/mol. The van der Waals surface area contributed by atoms with Gasteiger partial charge in [-0.1, -0.05) is 30.3 Å². The zero-order valence-electron chi connectivity index (χ0n) is 21.8. The summed E-state index contributed by atoms with van der Waals surface area (Å²) in [7, 11) is 3.51. The number of halogens is 6. The van der Waals surface area contributed by atoms with Crippen molar-refractivity contribution >= 4 is 11.9 Å². The molecular formula is C27H31F6N5O. The molecule has 0 spiro atoms. The van der Waals surface area contributed by atoms with Crippen molar-refractivity contribution in [2.75, 3.05) is 59.9 Å². The van der Waals surface area contributed by atoms with Crippen LogP contribution < -0.4 is 0 Å². The molecule has 2 heterocycles. The molecule has 0 bridgehead atoms. The number of aliphatic imine (C=N–C) groups is 1. The average Bonchev–Trinajstić information content (AvgIpc) is 3.33. The first-order chi connectivity index (χ1) is 18.3. The van der Waals surface area contributed by atoms with Crippen LogP contribution in [0.3, 0.4) is 0 Å². The highest BCUT2D eigenvalue weighted by Gasteiger charge is 2.37. The number of benzene rings is 2. The fourth-order valence-corrected chi connectivity index (χ4v) is 4.97. The number of likely N-dealkylation sites (N-methyl/N-ethyl adjacent to an activating group) is 2. The van der Waals surface area contributed by atoms with Crippen molar-refractivity contribution in [2.45, 2.75) is 24.8 Å². The second-order valence-electron chi connectivity index (χ2n) is 9.86. The third kappa shape index (κ3) is 6.84. The van der Waals surface area contributed by atoms with Gasteiger partial charge in [-0.05, 0) is 35.7 Å². The van der Waals surface area contributed by atoms with Gasteiger partial charge in [-0.3, -0.25) is 14.7 Å². The van der Waals surface area contributed by atoms with Crippen LogP contribution >= 0.6 is 0 Å². The maximum absolute atomic E-state index is 13.7. The van der Waals surface area contributed by atoms with E-state index < -0.39 is 29.5 Å². The van der Waals surface area contributed by atoms with Crippen molar-refractivity contribution in [2.24, 2.45) is 4.99 Å². The van der Waals surface area contributed by atoms with Crippen LogP contribution in [0.2, 0.25) is 0 Å². The standard InChI is InChI=1S/C27H31F6N5O/c1-35(10-8-19-16-21(26(28,29)30)18-22(17-19)27(31,32)33)24(39)23(20-6-4-3-5-7-20)37-12-14-38(15-13-37)25-34-9-11-36(25)2/h3-7,16-18,23H,8-15H2,1-2H3/t23-/m0/s1. The number of alkyl halides is 6. The Hall–Kier alpha value is -3.28. The molecule has 0 unspecified atom stereocenters. The molecule has 0 saturated carbocycles. The molecule has 6 nitrogen and oxygen atoms in total. The monoisotopic (exact) mass is 555 g/mol. The number of guanidine groups is 1. The third-order valence-corrected chi connectivity index (χ3v) is 7.10. The van der Waals surface area contributed by atoms with Gasteiger partial charge in [-0.2, -0.15) is 26.3 Å². The lowest BCUT2D eigenvalue weighted by Crippen LogP contribution is -2.54. The molecule has 2 aliphatic heterocycles. The summed E-state index contributed by atoms with van der Waals surface area (Å²) in [5, 5.41) is 0. The first-order valence-corrected chi connectivity index (χ1v) is 12.7. The van der Waals surface area contributed by atoms with Gasteiger partial charge in [-0.15, -0.1) is 0 Å². The summed E-state index contributed by atoms with van der Waals surface area (Å²) in [5.41, 5.74) is -2.09. The lowest BCUT2D eigenvalue weighted by molar-refractivity contribution is -0.143. The van der Waals surface area contributed by atoms with E-state index in [2.05, 4.69) is 19.7 Å². The number of nitrogens with zero attached hydrogens (tertiary/aromatic N) is 5. The number of rotatable bonds is 6. The van der Waals surface area contributed by atoms with Gasteiger partial charge in [0.25, 0.3) is 0 Å². The Morgan fingerprint density at radius 1 is 0.923 bits per heavy atom. The van der Waals surface area contributed by atoms with Gasteiger partial charge in [0.05, 0.1) is 17.7 Å². The second-order valence-corrected chi connectivity index (χ2v) is 9.86. The van der Waals surface area contributed by atoms with E-state index in [1.165, 1.54) is 11.9 Å². The fourth-order valence-electron chi connectivity index (χ4n) is 4.97. The minimum atomic E-state index is -4.92. The summed E-state index contributed by atoms with van der Waals surface area (Å²) >= 11 is 0. The number of piperazine rings is 1. The maximum atomic E-state index is 13.7. The smallest absolute Gasteiger partial charge is 0.344 e. The van der Waals surface area contributed by atoms with Gasteiger partial charge in [0, 0.05) is 53.4 Å². The molecule has 1 amide bonds. The van der Waals surface area contributed by atoms with Crippen molar-refractivity contribution in [1.82, 2.24) is 19.6 Å². The summed E-state index contributed by atoms with van der Waals surface area (Å²) in [6.45, 7) is 4.10. The Morgan fingerprint density at radius 3 is 2.03 bits per heavy atom. The summed E-state index contributed by atoms with van der Waals surface area (Å²) in [6.07, 6.45) is -10.00. The molecule has 0 aromatic heterocycles. The van der Waals surface area contributed by atoms with Crippen LogP contribution in [0.25, 0.3) is 0 Å². The van der Waals surface area contributed by atoms with Crippen LogP contribution in [0, 0.1) is 0 Å². The minimum absolute atomic E-state index is 0.0393. The Balaban J connectivity index is 1.49. The molecule has 212 valence electrons. The van der Waals surface area contributed by atoms with Crippen LogP contribution in [0.5, 0.6) is 0 Å². The molecule has 39 heavy (non-hydrogen) atoms. The Bertz CT molecular complexity index is 1140. The van der Waals surface area contributed by atoms with Crippen LogP contribution in [-0.2, 0) is 23.6 Å². The Morgan fingerprint density at radius 2 is 1.51 bits per heavy atom. The van der Waals surface area contributed by atoms with Gasteiger partial charge < -0.3 is 14.7 Å². The van der Waals surface area contributed by atoms with E-state index >= 15 is 0 Å². The maximum Gasteiger partial charge on any atom is 0.416 e. The molecule has 1 saturated heterocycles. The summed E-state index contributed by atoms with van der Waals surface area (Å²) in [6, 6.07) is 10.1. The zero-order chi connectivity index (χ0) is 28.4. The largest absolute Gasteiger partial charge is 0.416 e. The van der Waals surface area contributed by atoms with E-state index in [1.54, 1.807) is 0 Å². The average molecular weight is 556 g/mol. The molecule has 0 aliphatic carbocycles. The number of carbonyl (C=O) groups excluding carboxylic acids is 1. The first kappa shape index (κ1) is 28.7. The molecule has 2 aromatic carbocycles. The highest BCUT2D eigenvalue weighted by molar-refractivity contribution is 5.83. The predicted molar refractivity (Wildman–Crippen MR) is 135 cm³/mol. The van der Waals surface area contributed by atoms with E-state index in [9.17, 15) is 31.1 Å². The lowest BCUT2D eigenvalue weighted by atomic mass is 10.0. The first-order valence-electron chi connectivity index (χ1n) is 12.7. The topological polar surface area (TPSA) is 42.4 Å². The van der Waals surface area contributed by atoms with E-state index in [4.69, 9.17) is 0 Å². The van der Waals surface area contributed by atoms with Crippen LogP contribution in [0.4, 0.5) is 26.3 Å². The van der Waals surface area contributed by atoms with E-state index in [0.717, 1.165) is 24.6 Å². The van der Waals surface area contributed by atoms with Gasteiger partial charge in [0.15, 0.2) is 5.96 Å². The molecule has 2 aliphatic rings. The molecule has 2 aromatic rings. The number of carbonyl (C=O) groups is 1. The summed E-state index contributed by atoms with van der Waals surface area (Å²) < 4.78 is 79.6. The lowest BCUT2D eigenvalue weighted by Gasteiger charge is -2.41. The van der Waals surface area contributed by atoms with Crippen LogP contribution in [-0.4, -0.2) is 91.4 Å². The highest BCUT2D eigenvalue weighted by atomic mass is 19.4. The Labute approximate surface area is 223 Å². The van der Waals surface area contributed by atoms with E-state index in [-0.39, 0.29) is 30.5 Å². The van der Waals surface area contributed by atoms with Gasteiger partial charge in [0.1, 0.15) is 6.04 Å². The molecule has 0 radical (unpaired) electrons. The third-order valence-electron chi connectivity index (χ3n) is 7.10. The SMILES string of the molecule is CN(CCc1cc(C(F)(F)F)cc(C(F)(F)F)c1)C(=O)[C@H](c1ccccc1)N1CCN(C2=NCCN2C)CC1. The van der Waals surface area contributed by atoms with Crippen molar-refractivity contribution in [3.63, 3.8) is 0 Å². The van der Waals surface area contributed by atoms with E-state index in [1.807, 2.05) is 37.4 Å². The summed E-state index contributed by atoms with van der Waals surface area (Å²) in [4.78, 5) is 26.0. The Kier molecular flexibility index (Phi) is 8.43. The molecule has 0 N–H and O–H groups in total. The number of amides is 1. The predicted octanol–water partition coefficient (Wildman–Crippen LogP) is 4.39.